The van der Waals surface area contributed by atoms with Crippen LogP contribution in [-0.2, 0) is 6.18 Å². The second kappa shape index (κ2) is 9.99. The van der Waals surface area contributed by atoms with E-state index in [1.807, 2.05) is 24.3 Å². The molecule has 5 rings (SSSR count). The van der Waals surface area contributed by atoms with Crippen LogP contribution in [-0.4, -0.2) is 42.6 Å². The first-order chi connectivity index (χ1) is 17.8. The molecule has 1 saturated heterocycles. The van der Waals surface area contributed by atoms with Crippen molar-refractivity contribution >= 4 is 22.5 Å². The van der Waals surface area contributed by atoms with Crippen LogP contribution in [0.2, 0.25) is 0 Å². The van der Waals surface area contributed by atoms with Gasteiger partial charge in [0.25, 0.3) is 0 Å². The van der Waals surface area contributed by atoms with Gasteiger partial charge in [-0.25, -0.2) is 4.98 Å². The molecule has 1 aliphatic rings. The van der Waals surface area contributed by atoms with Crippen LogP contribution in [0.15, 0.2) is 83.4 Å². The molecule has 1 fully saturated rings. The van der Waals surface area contributed by atoms with Gasteiger partial charge in [0.15, 0.2) is 5.58 Å². The molecule has 0 radical (unpaired) electrons. The van der Waals surface area contributed by atoms with Gasteiger partial charge in [-0.1, -0.05) is 6.58 Å². The molecule has 0 bridgehead atoms. The molecule has 1 aliphatic heterocycles. The molecule has 1 N–H and O–H groups in total. The maximum absolute atomic E-state index is 12.8. The fourth-order valence-electron chi connectivity index (χ4n) is 4.36. The van der Waals surface area contributed by atoms with E-state index >= 15 is 0 Å². The summed E-state index contributed by atoms with van der Waals surface area (Å²) in [5, 5.41) is 12.4. The molecule has 9 heteroatoms. The van der Waals surface area contributed by atoms with Crippen LogP contribution in [0.3, 0.4) is 0 Å². The minimum absolute atomic E-state index is 0.487. The van der Waals surface area contributed by atoms with Crippen LogP contribution in [0.1, 0.15) is 11.1 Å². The van der Waals surface area contributed by atoms with Crippen molar-refractivity contribution in [3.8, 4) is 17.5 Å². The van der Waals surface area contributed by atoms with E-state index in [4.69, 9.17) is 9.68 Å². The van der Waals surface area contributed by atoms with Crippen LogP contribution in [0.4, 0.5) is 24.5 Å². The number of piperazine rings is 1. The van der Waals surface area contributed by atoms with Crippen LogP contribution >= 0.6 is 0 Å². The lowest BCUT2D eigenvalue weighted by Crippen LogP contribution is -2.47. The standard InChI is InChI=1S/C28H24F3N5O/c1-19(18-35-12-14-36(15-13-35)24-9-5-22(6-10-24)28(29,30)31)33-23-7-3-21(4-8-23)27-34-25-16-20(17-32)2-11-26(25)37-27/h2-11,16,33H,1,12-15,18H2. The zero-order chi connectivity index (χ0) is 26.0. The number of hydrogen-bond acceptors (Lipinski definition) is 6. The second-order valence-corrected chi connectivity index (χ2v) is 8.93. The van der Waals surface area contributed by atoms with Gasteiger partial charge in [0, 0.05) is 55.4 Å². The Labute approximate surface area is 212 Å². The molecule has 0 saturated carbocycles. The van der Waals surface area contributed by atoms with Crippen molar-refractivity contribution in [2.24, 2.45) is 0 Å². The fraction of sp³-hybridized carbons (Fsp3) is 0.214. The Bertz CT molecular complexity index is 1440. The lowest BCUT2D eigenvalue weighted by atomic mass is 10.1. The topological polar surface area (TPSA) is 68.3 Å². The number of nitrogens with one attached hydrogen (secondary N) is 1. The number of hydrogen-bond donors (Lipinski definition) is 1. The Morgan fingerprint density at radius 1 is 1.00 bits per heavy atom. The van der Waals surface area contributed by atoms with E-state index in [0.29, 0.717) is 29.1 Å². The third-order valence-corrected chi connectivity index (χ3v) is 6.32. The normalized spacial score (nSPS) is 14.5. The SMILES string of the molecule is C=C(CN1CCN(c2ccc(C(F)(F)F)cc2)CC1)Nc1ccc(-c2nc3cc(C#N)ccc3o2)cc1. The predicted octanol–water partition coefficient (Wildman–Crippen LogP) is 6.13. The van der Waals surface area contributed by atoms with E-state index in [-0.39, 0.29) is 0 Å². The molecule has 2 heterocycles. The van der Waals surface area contributed by atoms with Gasteiger partial charge in [0.1, 0.15) is 5.52 Å². The highest BCUT2D eigenvalue weighted by Gasteiger charge is 2.30. The predicted molar refractivity (Wildman–Crippen MR) is 137 cm³/mol. The van der Waals surface area contributed by atoms with Crippen molar-refractivity contribution in [2.75, 3.05) is 42.9 Å². The quantitative estimate of drug-likeness (QED) is 0.341. The monoisotopic (exact) mass is 503 g/mol. The summed E-state index contributed by atoms with van der Waals surface area (Å²) >= 11 is 0. The molecule has 37 heavy (non-hydrogen) atoms. The van der Waals surface area contributed by atoms with Gasteiger partial charge in [0.2, 0.25) is 5.89 Å². The largest absolute Gasteiger partial charge is 0.436 e. The zero-order valence-electron chi connectivity index (χ0n) is 19.9. The molecule has 188 valence electrons. The van der Waals surface area contributed by atoms with Gasteiger partial charge in [0.05, 0.1) is 17.2 Å². The molecule has 1 aromatic heterocycles. The van der Waals surface area contributed by atoms with E-state index in [1.54, 1.807) is 18.2 Å². The summed E-state index contributed by atoms with van der Waals surface area (Å²) in [6.07, 6.45) is -4.32. The first-order valence-electron chi connectivity index (χ1n) is 11.8. The molecule has 4 aromatic rings. The van der Waals surface area contributed by atoms with E-state index in [2.05, 4.69) is 32.7 Å². The third-order valence-electron chi connectivity index (χ3n) is 6.32. The lowest BCUT2D eigenvalue weighted by Gasteiger charge is -2.36. The van der Waals surface area contributed by atoms with E-state index in [0.717, 1.165) is 60.9 Å². The van der Waals surface area contributed by atoms with Crippen molar-refractivity contribution in [3.63, 3.8) is 0 Å². The maximum Gasteiger partial charge on any atom is 0.416 e. The molecule has 0 spiro atoms. The Hall–Kier alpha value is -4.29. The van der Waals surface area contributed by atoms with E-state index in [1.165, 1.54) is 12.1 Å². The van der Waals surface area contributed by atoms with Crippen LogP contribution in [0.5, 0.6) is 0 Å². The summed E-state index contributed by atoms with van der Waals surface area (Å²) in [5.41, 5.74) is 4.53. The number of rotatable bonds is 6. The Morgan fingerprint density at radius 2 is 1.70 bits per heavy atom. The first kappa shape index (κ1) is 24.4. The first-order valence-corrected chi connectivity index (χ1v) is 11.8. The molecule has 3 aromatic carbocycles. The minimum Gasteiger partial charge on any atom is -0.436 e. The number of nitriles is 1. The highest BCUT2D eigenvalue weighted by Crippen LogP contribution is 2.31. The highest BCUT2D eigenvalue weighted by molar-refractivity contribution is 5.78. The van der Waals surface area contributed by atoms with Crippen molar-refractivity contribution in [3.05, 3.63) is 90.1 Å². The number of nitrogens with zero attached hydrogens (tertiary/aromatic N) is 4. The van der Waals surface area contributed by atoms with Crippen molar-refractivity contribution < 1.29 is 17.6 Å². The summed E-state index contributed by atoms with van der Waals surface area (Å²) in [4.78, 5) is 8.84. The van der Waals surface area contributed by atoms with E-state index in [9.17, 15) is 13.2 Å². The number of halogens is 3. The van der Waals surface area contributed by atoms with E-state index < -0.39 is 11.7 Å². The Morgan fingerprint density at radius 3 is 2.35 bits per heavy atom. The van der Waals surface area contributed by atoms with Gasteiger partial charge in [-0.05, 0) is 66.7 Å². The Kier molecular flexibility index (Phi) is 6.59. The summed E-state index contributed by atoms with van der Waals surface area (Å²) < 4.78 is 44.2. The third kappa shape index (κ3) is 5.60. The molecular formula is C28H24F3N5O. The number of benzene rings is 3. The molecule has 0 unspecified atom stereocenters. The smallest absolute Gasteiger partial charge is 0.416 e. The summed E-state index contributed by atoms with van der Waals surface area (Å²) in [6.45, 7) is 7.84. The minimum atomic E-state index is -4.32. The molecule has 0 aliphatic carbocycles. The average Bonchev–Trinajstić information content (AvgIpc) is 3.32. The number of aromatic nitrogens is 1. The molecule has 0 amide bonds. The van der Waals surface area contributed by atoms with Crippen molar-refractivity contribution in [2.45, 2.75) is 6.18 Å². The molecule has 6 nitrogen and oxygen atoms in total. The maximum atomic E-state index is 12.8. The van der Waals surface area contributed by atoms with Crippen LogP contribution in [0, 0.1) is 11.3 Å². The number of oxazole rings is 1. The van der Waals surface area contributed by atoms with Gasteiger partial charge in [-0.15, -0.1) is 0 Å². The van der Waals surface area contributed by atoms with Gasteiger partial charge >= 0.3 is 6.18 Å². The fourth-order valence-corrected chi connectivity index (χ4v) is 4.36. The van der Waals surface area contributed by atoms with Crippen LogP contribution < -0.4 is 10.2 Å². The lowest BCUT2D eigenvalue weighted by molar-refractivity contribution is -0.137. The van der Waals surface area contributed by atoms with Crippen molar-refractivity contribution in [1.82, 2.24) is 9.88 Å². The van der Waals surface area contributed by atoms with Gasteiger partial charge < -0.3 is 14.6 Å². The number of fused-ring (bicyclic) bond motifs is 1. The Balaban J connectivity index is 1.13. The average molecular weight is 504 g/mol. The van der Waals surface area contributed by atoms with Crippen LogP contribution in [0.25, 0.3) is 22.6 Å². The molecular weight excluding hydrogens is 479 g/mol. The van der Waals surface area contributed by atoms with Gasteiger partial charge in [-0.3, -0.25) is 4.90 Å². The second-order valence-electron chi connectivity index (χ2n) is 8.93. The number of alkyl halides is 3. The molecule has 0 atom stereocenters. The summed E-state index contributed by atoms with van der Waals surface area (Å²) in [5.74, 6) is 0.487. The number of anilines is 2. The highest BCUT2D eigenvalue weighted by atomic mass is 19.4. The summed E-state index contributed by atoms with van der Waals surface area (Å²) in [7, 11) is 0. The summed E-state index contributed by atoms with van der Waals surface area (Å²) in [6, 6.07) is 20.3. The van der Waals surface area contributed by atoms with Gasteiger partial charge in [-0.2, -0.15) is 18.4 Å². The van der Waals surface area contributed by atoms with Crippen molar-refractivity contribution in [1.29, 1.82) is 5.26 Å². The zero-order valence-corrected chi connectivity index (χ0v) is 19.9.